The Balaban J connectivity index is 1.57. The first kappa shape index (κ1) is 20.2. The number of hydrazone groups is 1. The average Bonchev–Trinajstić information content (AvgIpc) is 2.77. The molecule has 30 heavy (non-hydrogen) atoms. The number of pyridine rings is 2. The standard InChI is InChI=1S/C25H28N4O/c1-25(2,3)18-8-10-19(11-9-18)28-29-24(30)21-16-23(17-12-14-26-15-13-17)27-22-7-5-4-6-20(21)22/h4-7,12-16,18H,8-11H2,1-3H3,(H,29,30). The maximum absolute atomic E-state index is 13.1. The van der Waals surface area contributed by atoms with Crippen LogP contribution >= 0.6 is 0 Å². The molecular formula is C25H28N4O. The highest BCUT2D eigenvalue weighted by atomic mass is 16.2. The first-order valence-electron chi connectivity index (χ1n) is 10.6. The molecule has 2 heterocycles. The molecule has 2 aromatic heterocycles. The van der Waals surface area contributed by atoms with Crippen LogP contribution in [0.1, 0.15) is 56.8 Å². The van der Waals surface area contributed by atoms with E-state index in [2.05, 4.69) is 36.3 Å². The summed E-state index contributed by atoms with van der Waals surface area (Å²) in [7, 11) is 0. The van der Waals surface area contributed by atoms with Crippen molar-refractivity contribution in [2.75, 3.05) is 0 Å². The van der Waals surface area contributed by atoms with E-state index in [1.807, 2.05) is 42.5 Å². The molecule has 3 aromatic rings. The van der Waals surface area contributed by atoms with Gasteiger partial charge in [0.05, 0.1) is 16.8 Å². The third kappa shape index (κ3) is 4.40. The molecule has 0 atom stereocenters. The fourth-order valence-electron chi connectivity index (χ4n) is 4.15. The minimum atomic E-state index is -0.200. The Hall–Kier alpha value is -3.08. The third-order valence-electron chi connectivity index (χ3n) is 6.04. The van der Waals surface area contributed by atoms with Crippen LogP contribution in [0.5, 0.6) is 0 Å². The van der Waals surface area contributed by atoms with Gasteiger partial charge >= 0.3 is 0 Å². The van der Waals surface area contributed by atoms with Gasteiger partial charge in [-0.05, 0) is 61.3 Å². The predicted octanol–water partition coefficient (Wildman–Crippen LogP) is 5.62. The zero-order chi connectivity index (χ0) is 21.1. The molecule has 0 saturated heterocycles. The van der Waals surface area contributed by atoms with Crippen molar-refractivity contribution < 1.29 is 4.79 Å². The lowest BCUT2D eigenvalue weighted by molar-refractivity contribution is 0.0956. The van der Waals surface area contributed by atoms with E-state index in [1.54, 1.807) is 12.4 Å². The van der Waals surface area contributed by atoms with Gasteiger partial charge in [-0.25, -0.2) is 10.4 Å². The summed E-state index contributed by atoms with van der Waals surface area (Å²) < 4.78 is 0. The van der Waals surface area contributed by atoms with Crippen LogP contribution in [0.4, 0.5) is 0 Å². The van der Waals surface area contributed by atoms with E-state index in [-0.39, 0.29) is 5.91 Å². The van der Waals surface area contributed by atoms with Gasteiger partial charge in [-0.2, -0.15) is 5.10 Å². The van der Waals surface area contributed by atoms with Gasteiger partial charge in [-0.3, -0.25) is 9.78 Å². The summed E-state index contributed by atoms with van der Waals surface area (Å²) in [6.07, 6.45) is 7.60. The zero-order valence-electron chi connectivity index (χ0n) is 17.9. The van der Waals surface area contributed by atoms with Crippen molar-refractivity contribution in [3.63, 3.8) is 0 Å². The molecule has 1 aromatic carbocycles. The Labute approximate surface area is 177 Å². The van der Waals surface area contributed by atoms with E-state index < -0.39 is 0 Å². The largest absolute Gasteiger partial charge is 0.272 e. The molecule has 0 unspecified atom stereocenters. The molecule has 1 aliphatic carbocycles. The normalized spacial score (nSPS) is 17.0. The van der Waals surface area contributed by atoms with Crippen LogP contribution in [0.2, 0.25) is 0 Å². The number of carbonyl (C=O) groups excluding carboxylic acids is 1. The lowest BCUT2D eigenvalue weighted by atomic mass is 9.72. The second-order valence-electron chi connectivity index (χ2n) is 9.07. The highest BCUT2D eigenvalue weighted by Gasteiger charge is 2.28. The quantitative estimate of drug-likeness (QED) is 0.580. The molecule has 0 bridgehead atoms. The minimum absolute atomic E-state index is 0.200. The average molecular weight is 401 g/mol. The number of nitrogens with zero attached hydrogens (tertiary/aromatic N) is 3. The highest BCUT2D eigenvalue weighted by Crippen LogP contribution is 2.36. The van der Waals surface area contributed by atoms with Crippen LogP contribution in [-0.2, 0) is 0 Å². The molecule has 0 aliphatic heterocycles. The second-order valence-corrected chi connectivity index (χ2v) is 9.07. The number of hydrogen-bond donors (Lipinski definition) is 1. The lowest BCUT2D eigenvalue weighted by Crippen LogP contribution is -2.27. The van der Waals surface area contributed by atoms with Crippen molar-refractivity contribution in [1.82, 2.24) is 15.4 Å². The van der Waals surface area contributed by atoms with Gasteiger partial charge in [0.15, 0.2) is 0 Å². The Kier molecular flexibility index (Phi) is 5.62. The van der Waals surface area contributed by atoms with Crippen LogP contribution in [0.15, 0.2) is 60.0 Å². The fourth-order valence-corrected chi connectivity index (χ4v) is 4.15. The van der Waals surface area contributed by atoms with Crippen molar-refractivity contribution in [2.45, 2.75) is 46.5 Å². The summed E-state index contributed by atoms with van der Waals surface area (Å²) >= 11 is 0. The number of rotatable bonds is 3. The number of carbonyl (C=O) groups is 1. The number of amides is 1. The summed E-state index contributed by atoms with van der Waals surface area (Å²) in [5, 5.41) is 5.30. The van der Waals surface area contributed by atoms with Gasteiger partial charge < -0.3 is 0 Å². The van der Waals surface area contributed by atoms with E-state index in [9.17, 15) is 4.79 Å². The number of fused-ring (bicyclic) bond motifs is 1. The predicted molar refractivity (Wildman–Crippen MR) is 121 cm³/mol. The van der Waals surface area contributed by atoms with Gasteiger partial charge in [0.2, 0.25) is 0 Å². The number of aromatic nitrogens is 2. The molecule has 5 heteroatoms. The van der Waals surface area contributed by atoms with Gasteiger partial charge in [0, 0.05) is 29.1 Å². The Morgan fingerprint density at radius 1 is 1.07 bits per heavy atom. The number of benzene rings is 1. The Morgan fingerprint density at radius 2 is 1.77 bits per heavy atom. The molecule has 1 saturated carbocycles. The van der Waals surface area contributed by atoms with E-state index in [4.69, 9.17) is 4.98 Å². The maximum atomic E-state index is 13.1. The number of para-hydroxylation sites is 1. The monoisotopic (exact) mass is 400 g/mol. The molecule has 1 N–H and O–H groups in total. The van der Waals surface area contributed by atoms with E-state index >= 15 is 0 Å². The van der Waals surface area contributed by atoms with Crippen molar-refractivity contribution in [3.8, 4) is 11.3 Å². The molecule has 1 fully saturated rings. The smallest absolute Gasteiger partial charge is 0.267 e. The summed E-state index contributed by atoms with van der Waals surface area (Å²) in [4.78, 5) is 21.8. The molecule has 1 amide bonds. The van der Waals surface area contributed by atoms with Crippen LogP contribution in [-0.4, -0.2) is 21.6 Å². The van der Waals surface area contributed by atoms with Gasteiger partial charge in [0.25, 0.3) is 5.91 Å². The van der Waals surface area contributed by atoms with Crippen molar-refractivity contribution in [3.05, 3.63) is 60.4 Å². The summed E-state index contributed by atoms with van der Waals surface area (Å²) in [6, 6.07) is 13.3. The highest BCUT2D eigenvalue weighted by molar-refractivity contribution is 6.07. The van der Waals surface area contributed by atoms with E-state index in [1.165, 1.54) is 0 Å². The molecule has 5 nitrogen and oxygen atoms in total. The molecule has 4 rings (SSSR count). The van der Waals surface area contributed by atoms with E-state index in [0.717, 1.165) is 53.6 Å². The van der Waals surface area contributed by atoms with Crippen molar-refractivity contribution in [2.24, 2.45) is 16.4 Å². The molecule has 0 spiro atoms. The van der Waals surface area contributed by atoms with E-state index in [0.29, 0.717) is 16.9 Å². The molecule has 154 valence electrons. The Morgan fingerprint density at radius 3 is 2.47 bits per heavy atom. The zero-order valence-corrected chi connectivity index (χ0v) is 17.9. The summed E-state index contributed by atoms with van der Waals surface area (Å²) in [6.45, 7) is 6.91. The summed E-state index contributed by atoms with van der Waals surface area (Å²) in [5.41, 5.74) is 7.26. The number of hydrogen-bond acceptors (Lipinski definition) is 4. The second kappa shape index (κ2) is 8.34. The fraction of sp³-hybridized carbons (Fsp3) is 0.360. The Bertz CT molecular complexity index is 1070. The topological polar surface area (TPSA) is 67.2 Å². The first-order chi connectivity index (χ1) is 14.4. The van der Waals surface area contributed by atoms with Crippen molar-refractivity contribution >= 4 is 22.5 Å². The third-order valence-corrected chi connectivity index (χ3v) is 6.04. The van der Waals surface area contributed by atoms with Crippen LogP contribution < -0.4 is 5.43 Å². The first-order valence-corrected chi connectivity index (χ1v) is 10.6. The van der Waals surface area contributed by atoms with Crippen LogP contribution in [0.25, 0.3) is 22.2 Å². The molecule has 0 radical (unpaired) electrons. The molecule has 1 aliphatic rings. The van der Waals surface area contributed by atoms with Gasteiger partial charge in [-0.15, -0.1) is 0 Å². The minimum Gasteiger partial charge on any atom is -0.267 e. The van der Waals surface area contributed by atoms with Crippen LogP contribution in [0.3, 0.4) is 0 Å². The van der Waals surface area contributed by atoms with Crippen LogP contribution in [0, 0.1) is 11.3 Å². The maximum Gasteiger partial charge on any atom is 0.272 e. The number of nitrogens with one attached hydrogen (secondary N) is 1. The SMILES string of the molecule is CC(C)(C)C1CCC(=NNC(=O)c2cc(-c3ccncc3)nc3ccccc23)CC1. The lowest BCUT2D eigenvalue weighted by Gasteiger charge is -2.34. The van der Waals surface area contributed by atoms with Gasteiger partial charge in [0.1, 0.15) is 0 Å². The van der Waals surface area contributed by atoms with Crippen molar-refractivity contribution in [1.29, 1.82) is 0 Å². The summed E-state index contributed by atoms with van der Waals surface area (Å²) in [5.74, 6) is 0.508. The van der Waals surface area contributed by atoms with Gasteiger partial charge in [-0.1, -0.05) is 39.0 Å². The molecular weight excluding hydrogens is 372 g/mol.